The first-order valence-corrected chi connectivity index (χ1v) is 9.16. The summed E-state index contributed by atoms with van der Waals surface area (Å²) in [6.07, 6.45) is 0.867. The molecule has 2 fully saturated rings. The average molecular weight is 322 g/mol. The Morgan fingerprint density at radius 3 is 2.38 bits per heavy atom. The lowest BCUT2D eigenvalue weighted by Gasteiger charge is -2.30. The second-order valence-electron chi connectivity index (χ2n) is 5.44. The number of nitrogens with zero attached hydrogens (tertiary/aromatic N) is 2. The minimum absolute atomic E-state index is 0.798. The van der Waals surface area contributed by atoms with Gasteiger partial charge in [0.25, 0.3) is 0 Å². The Kier molecular flexibility index (Phi) is 5.38. The van der Waals surface area contributed by atoms with Crippen molar-refractivity contribution in [1.82, 2.24) is 4.90 Å². The first-order chi connectivity index (χ1) is 10.3. The smallest absolute Gasteiger partial charge is 0.0825 e. The Balaban J connectivity index is 1.57. The van der Waals surface area contributed by atoms with Crippen LogP contribution in [0, 0.1) is 0 Å². The van der Waals surface area contributed by atoms with E-state index in [9.17, 15) is 0 Å². The Labute approximate surface area is 136 Å². The van der Waals surface area contributed by atoms with Gasteiger partial charge in [-0.15, -0.1) is 0 Å². The van der Waals surface area contributed by atoms with E-state index in [-0.39, 0.29) is 0 Å². The minimum Gasteiger partial charge on any atom is -0.378 e. The lowest BCUT2D eigenvalue weighted by Crippen LogP contribution is -2.40. The summed E-state index contributed by atoms with van der Waals surface area (Å²) in [5.74, 6) is 2.48. The molecule has 2 heterocycles. The highest BCUT2D eigenvalue weighted by molar-refractivity contribution is 7.99. The normalized spacial score (nSPS) is 19.6. The molecule has 0 N–H and O–H groups in total. The zero-order chi connectivity index (χ0) is 14.5. The van der Waals surface area contributed by atoms with Crippen molar-refractivity contribution in [3.8, 4) is 0 Å². The van der Waals surface area contributed by atoms with Gasteiger partial charge in [-0.2, -0.15) is 11.8 Å². The van der Waals surface area contributed by atoms with Crippen molar-refractivity contribution in [2.75, 3.05) is 55.8 Å². The highest BCUT2D eigenvalue weighted by atomic mass is 32.2. The molecule has 3 rings (SSSR count). The van der Waals surface area contributed by atoms with Gasteiger partial charge in [0, 0.05) is 49.8 Å². The predicted octanol–water partition coefficient (Wildman–Crippen LogP) is 2.44. The van der Waals surface area contributed by atoms with E-state index in [0.717, 1.165) is 50.8 Å². The monoisotopic (exact) mass is 322 g/mol. The molecule has 2 aliphatic heterocycles. The van der Waals surface area contributed by atoms with Gasteiger partial charge in [-0.3, -0.25) is 0 Å². The third kappa shape index (κ3) is 4.11. The van der Waals surface area contributed by atoms with Gasteiger partial charge in [0.05, 0.1) is 18.2 Å². The van der Waals surface area contributed by atoms with Crippen molar-refractivity contribution in [2.24, 2.45) is 0 Å². The van der Waals surface area contributed by atoms with Crippen LogP contribution in [0.1, 0.15) is 5.56 Å². The molecule has 0 saturated carbocycles. The van der Waals surface area contributed by atoms with E-state index in [4.69, 9.17) is 17.0 Å². The number of thiocarbonyl (C=S) groups is 1. The molecule has 2 aliphatic rings. The number of morpholine rings is 1. The van der Waals surface area contributed by atoms with Crippen LogP contribution in [0.2, 0.25) is 0 Å². The number of hydrogen-bond donors (Lipinski definition) is 0. The van der Waals surface area contributed by atoms with E-state index >= 15 is 0 Å². The van der Waals surface area contributed by atoms with E-state index in [1.807, 2.05) is 11.8 Å². The van der Waals surface area contributed by atoms with Gasteiger partial charge in [-0.1, -0.05) is 24.4 Å². The van der Waals surface area contributed by atoms with Crippen LogP contribution in [-0.2, 0) is 11.2 Å². The van der Waals surface area contributed by atoms with E-state index in [0.29, 0.717) is 0 Å². The van der Waals surface area contributed by atoms with Crippen LogP contribution in [0.3, 0.4) is 0 Å². The number of benzene rings is 1. The lowest BCUT2D eigenvalue weighted by atomic mass is 10.1. The SMILES string of the molecule is S=C(Cc1ccc(N2CCSCC2)cc1)N1CCOCC1. The summed E-state index contributed by atoms with van der Waals surface area (Å²) < 4.78 is 5.37. The minimum atomic E-state index is 0.798. The average Bonchev–Trinajstić information content (AvgIpc) is 2.57. The fraction of sp³-hybridized carbons (Fsp3) is 0.562. The van der Waals surface area contributed by atoms with Crippen molar-refractivity contribution in [3.63, 3.8) is 0 Å². The van der Waals surface area contributed by atoms with Gasteiger partial charge in [0.2, 0.25) is 0 Å². The summed E-state index contributed by atoms with van der Waals surface area (Å²) in [5.41, 5.74) is 2.65. The van der Waals surface area contributed by atoms with Crippen molar-refractivity contribution in [2.45, 2.75) is 6.42 Å². The largest absolute Gasteiger partial charge is 0.378 e. The number of anilines is 1. The molecule has 0 spiro atoms. The van der Waals surface area contributed by atoms with Gasteiger partial charge < -0.3 is 14.5 Å². The first-order valence-electron chi connectivity index (χ1n) is 7.60. The van der Waals surface area contributed by atoms with Crippen LogP contribution < -0.4 is 4.90 Å². The molecular formula is C16H22N2OS2. The Hall–Kier alpha value is -0.780. The van der Waals surface area contributed by atoms with Gasteiger partial charge in [0.15, 0.2) is 0 Å². The zero-order valence-corrected chi connectivity index (χ0v) is 13.9. The van der Waals surface area contributed by atoms with Gasteiger partial charge in [0.1, 0.15) is 0 Å². The number of hydrogen-bond acceptors (Lipinski definition) is 4. The molecule has 114 valence electrons. The molecule has 0 radical (unpaired) electrons. The molecule has 0 atom stereocenters. The zero-order valence-electron chi connectivity index (χ0n) is 12.3. The van der Waals surface area contributed by atoms with E-state index in [2.05, 4.69) is 34.1 Å². The predicted molar refractivity (Wildman–Crippen MR) is 94.7 cm³/mol. The second-order valence-corrected chi connectivity index (χ2v) is 7.13. The Bertz CT molecular complexity index is 466. The highest BCUT2D eigenvalue weighted by Crippen LogP contribution is 2.20. The molecule has 21 heavy (non-hydrogen) atoms. The van der Waals surface area contributed by atoms with Crippen LogP contribution in [0.4, 0.5) is 5.69 Å². The Morgan fingerprint density at radius 2 is 1.71 bits per heavy atom. The third-order valence-corrected chi connectivity index (χ3v) is 5.38. The number of rotatable bonds is 3. The van der Waals surface area contributed by atoms with E-state index in [1.165, 1.54) is 22.8 Å². The van der Waals surface area contributed by atoms with Gasteiger partial charge in [-0.05, 0) is 17.7 Å². The molecule has 1 aromatic rings. The number of ether oxygens (including phenoxy) is 1. The summed E-state index contributed by atoms with van der Waals surface area (Å²) in [6.45, 7) is 5.79. The molecular weight excluding hydrogens is 300 g/mol. The molecule has 0 bridgehead atoms. The summed E-state index contributed by atoms with van der Waals surface area (Å²) in [5, 5.41) is 0. The maximum Gasteiger partial charge on any atom is 0.0825 e. The fourth-order valence-corrected chi connectivity index (χ4v) is 4.00. The van der Waals surface area contributed by atoms with Gasteiger partial charge in [-0.25, -0.2) is 0 Å². The summed E-state index contributed by atoms with van der Waals surface area (Å²) in [6, 6.07) is 8.94. The molecule has 2 saturated heterocycles. The summed E-state index contributed by atoms with van der Waals surface area (Å²) in [4.78, 5) is 5.79. The second kappa shape index (κ2) is 7.47. The maximum atomic E-state index is 5.57. The highest BCUT2D eigenvalue weighted by Gasteiger charge is 2.14. The Morgan fingerprint density at radius 1 is 1.05 bits per heavy atom. The van der Waals surface area contributed by atoms with Crippen LogP contribution in [0.25, 0.3) is 0 Å². The number of thioether (sulfide) groups is 1. The standard InChI is InChI=1S/C16H22N2OS2/c20-16(18-5-9-19-10-6-18)13-14-1-3-15(4-2-14)17-7-11-21-12-8-17/h1-4H,5-13H2. The van der Waals surface area contributed by atoms with Crippen molar-refractivity contribution < 1.29 is 4.74 Å². The lowest BCUT2D eigenvalue weighted by molar-refractivity contribution is 0.0685. The third-order valence-electron chi connectivity index (χ3n) is 4.03. The quantitative estimate of drug-likeness (QED) is 0.792. The molecule has 0 aromatic heterocycles. The topological polar surface area (TPSA) is 15.7 Å². The van der Waals surface area contributed by atoms with Crippen LogP contribution in [-0.4, -0.2) is 60.8 Å². The van der Waals surface area contributed by atoms with Crippen molar-refractivity contribution in [3.05, 3.63) is 29.8 Å². The van der Waals surface area contributed by atoms with Crippen LogP contribution in [0.5, 0.6) is 0 Å². The first kappa shape index (κ1) is 15.1. The van der Waals surface area contributed by atoms with E-state index < -0.39 is 0 Å². The summed E-state index contributed by atoms with van der Waals surface area (Å²) in [7, 11) is 0. The molecule has 1 aromatic carbocycles. The summed E-state index contributed by atoms with van der Waals surface area (Å²) >= 11 is 7.62. The van der Waals surface area contributed by atoms with Crippen molar-refractivity contribution >= 4 is 34.7 Å². The molecule has 0 amide bonds. The molecule has 0 unspecified atom stereocenters. The van der Waals surface area contributed by atoms with Crippen LogP contribution in [0.15, 0.2) is 24.3 Å². The van der Waals surface area contributed by atoms with Crippen molar-refractivity contribution in [1.29, 1.82) is 0 Å². The van der Waals surface area contributed by atoms with Crippen LogP contribution >= 0.6 is 24.0 Å². The van der Waals surface area contributed by atoms with E-state index in [1.54, 1.807) is 0 Å². The molecule has 0 aliphatic carbocycles. The fourth-order valence-electron chi connectivity index (χ4n) is 2.75. The maximum absolute atomic E-state index is 5.57. The van der Waals surface area contributed by atoms with Gasteiger partial charge >= 0.3 is 0 Å². The molecule has 5 heteroatoms. The molecule has 3 nitrogen and oxygen atoms in total.